The van der Waals surface area contributed by atoms with Crippen molar-refractivity contribution in [1.82, 2.24) is 20.0 Å². The van der Waals surface area contributed by atoms with Crippen molar-refractivity contribution in [2.45, 2.75) is 26.3 Å². The predicted octanol–water partition coefficient (Wildman–Crippen LogP) is 3.95. The van der Waals surface area contributed by atoms with Gasteiger partial charge in [-0.2, -0.15) is 5.10 Å². The number of amides is 1. The molecule has 0 radical (unpaired) electrons. The van der Waals surface area contributed by atoms with Gasteiger partial charge in [-0.25, -0.2) is 0 Å². The van der Waals surface area contributed by atoms with E-state index in [9.17, 15) is 4.79 Å². The summed E-state index contributed by atoms with van der Waals surface area (Å²) >= 11 is 7.80. The minimum Gasteiger partial charge on any atom is -0.379 e. The van der Waals surface area contributed by atoms with Crippen molar-refractivity contribution in [2.75, 3.05) is 39.4 Å². The number of nitrogens with zero attached hydrogens (tertiary/aromatic N) is 3. The maximum absolute atomic E-state index is 12.6. The minimum atomic E-state index is -0.00809. The fourth-order valence-electron chi connectivity index (χ4n) is 3.69. The van der Waals surface area contributed by atoms with E-state index in [0.29, 0.717) is 13.1 Å². The lowest BCUT2D eigenvalue weighted by molar-refractivity contribution is 0.0372. The first kappa shape index (κ1) is 21.3. The van der Waals surface area contributed by atoms with Crippen molar-refractivity contribution < 1.29 is 9.53 Å². The van der Waals surface area contributed by atoms with Crippen LogP contribution in [0.2, 0.25) is 5.02 Å². The van der Waals surface area contributed by atoms with Gasteiger partial charge in [0, 0.05) is 30.0 Å². The van der Waals surface area contributed by atoms with Gasteiger partial charge >= 0.3 is 0 Å². The quantitative estimate of drug-likeness (QED) is 0.532. The van der Waals surface area contributed by atoms with E-state index in [0.717, 1.165) is 77.1 Å². The van der Waals surface area contributed by atoms with Crippen molar-refractivity contribution in [1.29, 1.82) is 0 Å². The Kier molecular flexibility index (Phi) is 7.04. The molecule has 6 nitrogen and oxygen atoms in total. The number of ether oxygens (including phenoxy) is 1. The van der Waals surface area contributed by atoms with E-state index in [2.05, 4.69) is 15.3 Å². The molecule has 1 aliphatic heterocycles. The molecule has 1 aromatic carbocycles. The Hall–Kier alpha value is -1.93. The summed E-state index contributed by atoms with van der Waals surface area (Å²) in [6.45, 7) is 8.02. The summed E-state index contributed by atoms with van der Waals surface area (Å²) in [6.07, 6.45) is 2.06. The Labute approximate surface area is 185 Å². The molecular formula is C22H27ClN4O2S. The maximum Gasteiger partial charge on any atom is 0.261 e. The fraction of sp³-hybridized carbons (Fsp3) is 0.455. The average molecular weight is 447 g/mol. The van der Waals surface area contributed by atoms with Crippen molar-refractivity contribution in [2.24, 2.45) is 0 Å². The zero-order chi connectivity index (χ0) is 20.9. The number of morpholine rings is 1. The number of hydrogen-bond acceptors (Lipinski definition) is 5. The van der Waals surface area contributed by atoms with Crippen molar-refractivity contribution >= 4 is 39.1 Å². The first-order valence-corrected chi connectivity index (χ1v) is 11.6. The molecular weight excluding hydrogens is 420 g/mol. The number of thiophene rings is 1. The molecule has 0 bridgehead atoms. The van der Waals surface area contributed by atoms with Gasteiger partial charge in [-0.15, -0.1) is 11.3 Å². The van der Waals surface area contributed by atoms with Crippen LogP contribution >= 0.6 is 22.9 Å². The summed E-state index contributed by atoms with van der Waals surface area (Å²) in [5.74, 6) is -0.00809. The third-order valence-corrected chi connectivity index (χ3v) is 6.92. The Balaban J connectivity index is 1.33. The highest BCUT2D eigenvalue weighted by Crippen LogP contribution is 2.29. The van der Waals surface area contributed by atoms with E-state index in [4.69, 9.17) is 16.3 Å². The molecule has 8 heteroatoms. The van der Waals surface area contributed by atoms with Crippen LogP contribution in [0.1, 0.15) is 33.8 Å². The molecule has 4 rings (SSSR count). The largest absolute Gasteiger partial charge is 0.379 e. The summed E-state index contributed by atoms with van der Waals surface area (Å²) in [5.41, 5.74) is 1.95. The Bertz CT molecular complexity index is 1010. The minimum absolute atomic E-state index is 0.00809. The average Bonchev–Trinajstić information content (AvgIpc) is 3.31. The SMILES string of the molecule is Cc1nn(Cc2ccccc2Cl)c2sc(C(=O)NCCCCN3CCOCC3)cc12. The van der Waals surface area contributed by atoms with E-state index >= 15 is 0 Å². The topological polar surface area (TPSA) is 59.4 Å². The van der Waals surface area contributed by atoms with Crippen LogP contribution in [0.4, 0.5) is 0 Å². The lowest BCUT2D eigenvalue weighted by Crippen LogP contribution is -2.37. The molecule has 0 atom stereocenters. The van der Waals surface area contributed by atoms with Crippen LogP contribution in [-0.4, -0.2) is 60.0 Å². The smallest absolute Gasteiger partial charge is 0.261 e. The molecule has 3 aromatic rings. The third kappa shape index (κ3) is 5.03. The number of rotatable bonds is 8. The first-order chi connectivity index (χ1) is 14.6. The number of unbranched alkanes of at least 4 members (excludes halogenated alkanes) is 1. The molecule has 2 aromatic heterocycles. The summed E-state index contributed by atoms with van der Waals surface area (Å²) in [5, 5.41) is 9.46. The van der Waals surface area contributed by atoms with Gasteiger partial charge in [0.2, 0.25) is 0 Å². The number of nitrogens with one attached hydrogen (secondary N) is 1. The number of hydrogen-bond donors (Lipinski definition) is 1. The van der Waals surface area contributed by atoms with Gasteiger partial charge in [0.05, 0.1) is 30.3 Å². The Morgan fingerprint density at radius 2 is 2.07 bits per heavy atom. The molecule has 1 N–H and O–H groups in total. The van der Waals surface area contributed by atoms with E-state index in [1.54, 1.807) is 0 Å². The van der Waals surface area contributed by atoms with Crippen molar-refractivity contribution in [3.63, 3.8) is 0 Å². The highest BCUT2D eigenvalue weighted by molar-refractivity contribution is 7.20. The van der Waals surface area contributed by atoms with Crippen molar-refractivity contribution in [3.8, 4) is 0 Å². The monoisotopic (exact) mass is 446 g/mol. The molecule has 0 aliphatic carbocycles. The van der Waals surface area contributed by atoms with Gasteiger partial charge in [0.1, 0.15) is 4.83 Å². The molecule has 3 heterocycles. The van der Waals surface area contributed by atoms with Crippen LogP contribution in [0.5, 0.6) is 0 Å². The fourth-order valence-corrected chi connectivity index (χ4v) is 4.97. The van der Waals surface area contributed by atoms with Crippen LogP contribution in [0.3, 0.4) is 0 Å². The van der Waals surface area contributed by atoms with E-state index < -0.39 is 0 Å². The lowest BCUT2D eigenvalue weighted by atomic mass is 10.2. The second kappa shape index (κ2) is 9.92. The number of carbonyl (C=O) groups excluding carboxylic acids is 1. The van der Waals surface area contributed by atoms with Gasteiger partial charge < -0.3 is 10.1 Å². The first-order valence-electron chi connectivity index (χ1n) is 10.4. The van der Waals surface area contributed by atoms with Gasteiger partial charge in [-0.05, 0) is 44.0 Å². The Morgan fingerprint density at radius 1 is 1.27 bits per heavy atom. The number of benzene rings is 1. The molecule has 1 amide bonds. The third-order valence-electron chi connectivity index (χ3n) is 5.40. The molecule has 0 saturated carbocycles. The summed E-state index contributed by atoms with van der Waals surface area (Å²) in [4.78, 5) is 16.8. The lowest BCUT2D eigenvalue weighted by Gasteiger charge is -2.26. The van der Waals surface area contributed by atoms with E-state index in [1.165, 1.54) is 11.3 Å². The predicted molar refractivity (Wildman–Crippen MR) is 122 cm³/mol. The van der Waals surface area contributed by atoms with Crippen LogP contribution in [0.15, 0.2) is 30.3 Å². The molecule has 1 fully saturated rings. The second-order valence-electron chi connectivity index (χ2n) is 7.58. The molecule has 30 heavy (non-hydrogen) atoms. The number of fused-ring (bicyclic) bond motifs is 1. The molecule has 1 saturated heterocycles. The van der Waals surface area contributed by atoms with Gasteiger partial charge in [0.25, 0.3) is 5.91 Å². The molecule has 1 aliphatic rings. The normalized spacial score (nSPS) is 15.0. The van der Waals surface area contributed by atoms with Gasteiger partial charge in [-0.3, -0.25) is 14.4 Å². The molecule has 160 valence electrons. The van der Waals surface area contributed by atoms with E-state index in [-0.39, 0.29) is 5.91 Å². The highest BCUT2D eigenvalue weighted by Gasteiger charge is 2.17. The second-order valence-corrected chi connectivity index (χ2v) is 9.02. The van der Waals surface area contributed by atoms with Crippen LogP contribution in [0, 0.1) is 6.92 Å². The van der Waals surface area contributed by atoms with Gasteiger partial charge in [-0.1, -0.05) is 29.8 Å². The van der Waals surface area contributed by atoms with Gasteiger partial charge in [0.15, 0.2) is 0 Å². The summed E-state index contributed by atoms with van der Waals surface area (Å²) in [6, 6.07) is 9.74. The molecule has 0 unspecified atom stereocenters. The number of aromatic nitrogens is 2. The zero-order valence-electron chi connectivity index (χ0n) is 17.2. The standard InChI is InChI=1S/C22H27ClN4O2S/c1-16-18-14-20(21(28)24-8-4-5-9-26-10-12-29-13-11-26)30-22(18)27(25-16)15-17-6-2-3-7-19(17)23/h2-3,6-7,14H,4-5,8-13,15H2,1H3,(H,24,28). The van der Waals surface area contributed by atoms with Crippen LogP contribution in [-0.2, 0) is 11.3 Å². The Morgan fingerprint density at radius 3 is 2.87 bits per heavy atom. The maximum atomic E-state index is 12.6. The van der Waals surface area contributed by atoms with Crippen LogP contribution < -0.4 is 5.32 Å². The zero-order valence-corrected chi connectivity index (χ0v) is 18.8. The number of carbonyl (C=O) groups is 1. The number of aryl methyl sites for hydroxylation is 1. The van der Waals surface area contributed by atoms with Crippen LogP contribution in [0.25, 0.3) is 10.2 Å². The highest BCUT2D eigenvalue weighted by atomic mass is 35.5. The molecule has 0 spiro atoms. The number of halogens is 1. The van der Waals surface area contributed by atoms with E-state index in [1.807, 2.05) is 41.9 Å². The summed E-state index contributed by atoms with van der Waals surface area (Å²) in [7, 11) is 0. The summed E-state index contributed by atoms with van der Waals surface area (Å²) < 4.78 is 7.31. The van der Waals surface area contributed by atoms with Crippen molar-refractivity contribution in [3.05, 3.63) is 51.5 Å².